The average molecular weight is 288 g/mol. The van der Waals surface area contributed by atoms with Crippen LogP contribution in [0.25, 0.3) is 0 Å². The standard InChI is InChI=1S/C14H28N2O4/c1-5-9(3)11(7-17)15-13(19)14(20)16-12(8-18)10(4)6-2/h9-12,17-18H,5-8H2,1-4H3,(H,15,19)(H,16,20)/t9-,10+,11-,12+. The van der Waals surface area contributed by atoms with Gasteiger partial charge in [0.15, 0.2) is 0 Å². The molecule has 0 rings (SSSR count). The van der Waals surface area contributed by atoms with Gasteiger partial charge in [-0.1, -0.05) is 40.5 Å². The summed E-state index contributed by atoms with van der Waals surface area (Å²) in [6, 6.07) is -0.871. The van der Waals surface area contributed by atoms with Crippen LogP contribution in [-0.4, -0.2) is 47.3 Å². The molecule has 0 aromatic heterocycles. The molecule has 0 aliphatic carbocycles. The molecule has 0 aromatic carbocycles. The second-order valence-electron chi connectivity index (χ2n) is 5.30. The van der Waals surface area contributed by atoms with E-state index in [-0.39, 0.29) is 25.0 Å². The molecule has 2 amide bonds. The minimum atomic E-state index is -0.772. The summed E-state index contributed by atoms with van der Waals surface area (Å²) < 4.78 is 0. The third kappa shape index (κ3) is 5.88. The molecule has 0 bridgehead atoms. The van der Waals surface area contributed by atoms with Gasteiger partial charge in [-0.2, -0.15) is 0 Å². The summed E-state index contributed by atoms with van der Waals surface area (Å²) in [4.78, 5) is 23.6. The molecule has 4 atom stereocenters. The van der Waals surface area contributed by atoms with Crippen LogP contribution in [0.4, 0.5) is 0 Å². The summed E-state index contributed by atoms with van der Waals surface area (Å²) in [7, 11) is 0. The van der Waals surface area contributed by atoms with Gasteiger partial charge in [0.25, 0.3) is 0 Å². The van der Waals surface area contributed by atoms with E-state index in [9.17, 15) is 19.8 Å². The molecule has 4 N–H and O–H groups in total. The van der Waals surface area contributed by atoms with Gasteiger partial charge in [-0.25, -0.2) is 0 Å². The van der Waals surface area contributed by atoms with Crippen molar-refractivity contribution in [3.05, 3.63) is 0 Å². The lowest BCUT2D eigenvalue weighted by Gasteiger charge is -2.24. The second kappa shape index (κ2) is 9.72. The molecule has 0 aliphatic heterocycles. The molecular formula is C14H28N2O4. The molecule has 0 saturated carbocycles. The number of hydrogen-bond donors (Lipinski definition) is 4. The van der Waals surface area contributed by atoms with E-state index in [0.29, 0.717) is 0 Å². The Morgan fingerprint density at radius 3 is 1.35 bits per heavy atom. The SMILES string of the molecule is CC[C@@H](C)[C@@H](CO)NC(=O)C(=O)N[C@@H](CO)[C@@H](C)CC. The fourth-order valence-corrected chi connectivity index (χ4v) is 1.77. The number of aliphatic hydroxyl groups excluding tert-OH is 2. The van der Waals surface area contributed by atoms with Crippen molar-refractivity contribution in [1.29, 1.82) is 0 Å². The van der Waals surface area contributed by atoms with Gasteiger partial charge in [-0.3, -0.25) is 9.59 Å². The Kier molecular flexibility index (Phi) is 9.16. The lowest BCUT2D eigenvalue weighted by molar-refractivity contribution is -0.140. The van der Waals surface area contributed by atoms with E-state index in [0.717, 1.165) is 12.8 Å². The van der Waals surface area contributed by atoms with Crippen LogP contribution in [0, 0.1) is 11.8 Å². The fourth-order valence-electron chi connectivity index (χ4n) is 1.77. The van der Waals surface area contributed by atoms with Crippen LogP contribution in [0.2, 0.25) is 0 Å². The number of rotatable bonds is 8. The van der Waals surface area contributed by atoms with Crippen molar-refractivity contribution in [3.8, 4) is 0 Å². The molecule has 0 spiro atoms. The highest BCUT2D eigenvalue weighted by Gasteiger charge is 2.25. The Labute approximate surface area is 120 Å². The molecule has 0 aromatic rings. The Balaban J connectivity index is 4.50. The summed E-state index contributed by atoms with van der Waals surface area (Å²) in [6.45, 7) is 7.28. The first kappa shape index (κ1) is 18.9. The summed E-state index contributed by atoms with van der Waals surface area (Å²) in [5.74, 6) is -1.38. The van der Waals surface area contributed by atoms with Crippen LogP contribution >= 0.6 is 0 Å². The van der Waals surface area contributed by atoms with Gasteiger partial charge in [0.1, 0.15) is 0 Å². The first-order chi connectivity index (χ1) is 9.40. The summed E-state index contributed by atoms with van der Waals surface area (Å²) in [5, 5.41) is 23.5. The van der Waals surface area contributed by atoms with Gasteiger partial charge >= 0.3 is 11.8 Å². The number of nitrogens with one attached hydrogen (secondary N) is 2. The highest BCUT2D eigenvalue weighted by Crippen LogP contribution is 2.08. The molecule has 20 heavy (non-hydrogen) atoms. The third-order valence-corrected chi connectivity index (χ3v) is 3.89. The smallest absolute Gasteiger partial charge is 0.309 e. The molecule has 6 nitrogen and oxygen atoms in total. The lowest BCUT2D eigenvalue weighted by atomic mass is 9.99. The van der Waals surface area contributed by atoms with Crippen LogP contribution in [0.1, 0.15) is 40.5 Å². The van der Waals surface area contributed by atoms with E-state index >= 15 is 0 Å². The van der Waals surface area contributed by atoms with Gasteiger partial charge < -0.3 is 20.8 Å². The first-order valence-corrected chi connectivity index (χ1v) is 7.24. The van der Waals surface area contributed by atoms with E-state index in [4.69, 9.17) is 0 Å². The lowest BCUT2D eigenvalue weighted by Crippen LogP contribution is -2.52. The molecule has 0 fully saturated rings. The van der Waals surface area contributed by atoms with Crippen molar-refractivity contribution in [2.75, 3.05) is 13.2 Å². The molecule has 6 heteroatoms. The zero-order valence-corrected chi connectivity index (χ0v) is 12.8. The van der Waals surface area contributed by atoms with Crippen molar-refractivity contribution >= 4 is 11.8 Å². The van der Waals surface area contributed by atoms with Crippen molar-refractivity contribution in [3.63, 3.8) is 0 Å². The van der Waals surface area contributed by atoms with Gasteiger partial charge in [0.05, 0.1) is 25.3 Å². The molecule has 0 aliphatic rings. The van der Waals surface area contributed by atoms with Crippen LogP contribution in [0.15, 0.2) is 0 Å². The van der Waals surface area contributed by atoms with Gasteiger partial charge in [-0.05, 0) is 11.8 Å². The predicted octanol–water partition coefficient (Wildman–Crippen LogP) is 0.0328. The molecule has 0 saturated heterocycles. The second-order valence-corrected chi connectivity index (χ2v) is 5.30. The average Bonchev–Trinajstić information content (AvgIpc) is 2.47. The topological polar surface area (TPSA) is 98.7 Å². The maximum Gasteiger partial charge on any atom is 0.309 e. The van der Waals surface area contributed by atoms with E-state index in [1.807, 2.05) is 27.7 Å². The van der Waals surface area contributed by atoms with Crippen molar-refractivity contribution in [2.45, 2.75) is 52.6 Å². The van der Waals surface area contributed by atoms with E-state index in [1.165, 1.54) is 0 Å². The fraction of sp³-hybridized carbons (Fsp3) is 0.857. The molecule has 118 valence electrons. The first-order valence-electron chi connectivity index (χ1n) is 7.24. The molecule has 0 heterocycles. The quantitative estimate of drug-likeness (QED) is 0.474. The number of aliphatic hydroxyl groups is 2. The van der Waals surface area contributed by atoms with Crippen LogP contribution in [0.5, 0.6) is 0 Å². The molecule has 0 radical (unpaired) electrons. The van der Waals surface area contributed by atoms with E-state index in [2.05, 4.69) is 10.6 Å². The zero-order chi connectivity index (χ0) is 15.7. The van der Waals surface area contributed by atoms with Gasteiger partial charge in [0, 0.05) is 0 Å². The largest absolute Gasteiger partial charge is 0.394 e. The third-order valence-electron chi connectivity index (χ3n) is 3.89. The van der Waals surface area contributed by atoms with Crippen LogP contribution in [0.3, 0.4) is 0 Å². The molecular weight excluding hydrogens is 260 g/mol. The summed E-state index contributed by atoms with van der Waals surface area (Å²) in [6.07, 6.45) is 1.58. The predicted molar refractivity (Wildman–Crippen MR) is 76.9 cm³/mol. The number of hydrogen-bond acceptors (Lipinski definition) is 4. The molecule has 0 unspecified atom stereocenters. The normalized spacial score (nSPS) is 16.9. The number of carbonyl (C=O) groups is 2. The van der Waals surface area contributed by atoms with Crippen LogP contribution < -0.4 is 10.6 Å². The zero-order valence-electron chi connectivity index (χ0n) is 12.8. The highest BCUT2D eigenvalue weighted by atomic mass is 16.3. The minimum Gasteiger partial charge on any atom is -0.394 e. The van der Waals surface area contributed by atoms with Crippen LogP contribution in [-0.2, 0) is 9.59 Å². The highest BCUT2D eigenvalue weighted by molar-refractivity contribution is 6.35. The number of amides is 2. The maximum atomic E-state index is 11.8. The Bertz CT molecular complexity index is 280. The van der Waals surface area contributed by atoms with E-state index < -0.39 is 23.9 Å². The summed E-state index contributed by atoms with van der Waals surface area (Å²) in [5.41, 5.74) is 0. The van der Waals surface area contributed by atoms with Gasteiger partial charge in [-0.15, -0.1) is 0 Å². The minimum absolute atomic E-state index is 0.0833. The van der Waals surface area contributed by atoms with Crippen molar-refractivity contribution in [1.82, 2.24) is 10.6 Å². The van der Waals surface area contributed by atoms with E-state index in [1.54, 1.807) is 0 Å². The summed E-state index contributed by atoms with van der Waals surface area (Å²) >= 11 is 0. The van der Waals surface area contributed by atoms with Gasteiger partial charge in [0.2, 0.25) is 0 Å². The van der Waals surface area contributed by atoms with Crippen molar-refractivity contribution in [2.24, 2.45) is 11.8 Å². The maximum absolute atomic E-state index is 11.8. The number of carbonyl (C=O) groups excluding carboxylic acids is 2. The monoisotopic (exact) mass is 288 g/mol. The Hall–Kier alpha value is -1.14. The van der Waals surface area contributed by atoms with Crippen molar-refractivity contribution < 1.29 is 19.8 Å². The Morgan fingerprint density at radius 1 is 0.850 bits per heavy atom. The Morgan fingerprint density at radius 2 is 1.15 bits per heavy atom.